The highest BCUT2D eigenvalue weighted by molar-refractivity contribution is 6.20. The highest BCUT2D eigenvalue weighted by Crippen LogP contribution is 2.18. The minimum absolute atomic E-state index is 0.0104. The van der Waals surface area contributed by atoms with Crippen molar-refractivity contribution in [3.8, 4) is 0 Å². The molecule has 1 aliphatic rings. The summed E-state index contributed by atoms with van der Waals surface area (Å²) in [6.07, 6.45) is -5.70. The van der Waals surface area contributed by atoms with Crippen LogP contribution in [0.4, 0.5) is 0 Å². The number of hydrogen-bond donors (Lipinski definition) is 12. The summed E-state index contributed by atoms with van der Waals surface area (Å²) in [5.74, 6) is -11.7. The Bertz CT molecular complexity index is 2280. The second-order valence-electron chi connectivity index (χ2n) is 20.3. The lowest BCUT2D eigenvalue weighted by atomic mass is 9.96. The lowest BCUT2D eigenvalue weighted by Crippen LogP contribution is -2.63. The molecule has 442 valence electrons. The van der Waals surface area contributed by atoms with Gasteiger partial charge in [-0.1, -0.05) is 77.8 Å². The number of cyclic esters (lactones) is 1. The first kappa shape index (κ1) is 68.2. The fourth-order valence-corrected chi connectivity index (χ4v) is 8.67. The van der Waals surface area contributed by atoms with Gasteiger partial charge in [0.1, 0.15) is 54.4 Å². The summed E-state index contributed by atoms with van der Waals surface area (Å²) in [6.45, 7) is 13.0. The number of aliphatic hydroxyl groups excluding tert-OH is 2. The van der Waals surface area contributed by atoms with E-state index in [2.05, 4.69) is 47.9 Å². The van der Waals surface area contributed by atoms with Crippen molar-refractivity contribution in [1.29, 1.82) is 0 Å². The molecule has 0 aliphatic carbocycles. The highest BCUT2D eigenvalue weighted by atomic mass is 35.5. The summed E-state index contributed by atoms with van der Waals surface area (Å²) in [4.78, 5) is 164. The monoisotopic (exact) mass is 1140 g/mol. The van der Waals surface area contributed by atoms with Crippen LogP contribution in [0.3, 0.4) is 0 Å². The van der Waals surface area contributed by atoms with Crippen LogP contribution in [0.15, 0.2) is 30.3 Å². The molecule has 1 aliphatic heterocycles. The van der Waals surface area contributed by atoms with E-state index in [-0.39, 0.29) is 31.6 Å². The molecule has 1 aromatic carbocycles. The molecular formula is C52H82ClN11O15. The lowest BCUT2D eigenvalue weighted by molar-refractivity contribution is -0.156. The number of nitrogens with two attached hydrogens (primary N) is 1. The molecule has 79 heavy (non-hydrogen) atoms. The first-order valence-electron chi connectivity index (χ1n) is 26.4. The molecule has 1 fully saturated rings. The number of amides is 11. The number of esters is 1. The first-order valence-corrected chi connectivity index (χ1v) is 26.9. The lowest BCUT2D eigenvalue weighted by Gasteiger charge is -2.33. The van der Waals surface area contributed by atoms with Crippen LogP contribution in [0.25, 0.3) is 0 Å². The number of aliphatic hydroxyl groups is 2. The Morgan fingerprint density at radius 1 is 0.797 bits per heavy atom. The van der Waals surface area contributed by atoms with Crippen LogP contribution < -0.4 is 53.6 Å². The summed E-state index contributed by atoms with van der Waals surface area (Å²) in [5.41, 5.74) is 6.02. The van der Waals surface area contributed by atoms with Crippen LogP contribution in [0, 0.1) is 11.8 Å². The van der Waals surface area contributed by atoms with E-state index in [4.69, 9.17) is 22.1 Å². The Kier molecular flexibility index (Phi) is 28.9. The standard InChI is InChI=1S/C52H82ClN11O15/c1-11-16-33-52(78)79-31(9)44(63-46(72)34(56-25-65)20-26(3)4)38(67)23-40(69)57-29(7)51(77)64(10)37(17-12-2)48(74)61-42(27(5)28(6)53)49(75)60-36(22-39(54)68)47(73)62-43(30(8)66)50(76)59-35(21-32-18-14-13-15-19-32)45(71)55-24-41(70)58-33/h13-15,18-19,25-31,33-38,42-44,66-67H,11-12,16-17,20-24H2,1-10H3,(H2,54,68)(H,55,71)(H,56,65)(H,57,69)(H,58,70)(H,59,76)(H,60,75)(H,61,74)(H,62,73)(H,63,72)/t27?,28?,29-,30-,31?,33?,34-,35?,36?,37-,38?,42?,43-,44?/m1/s1. The number of nitrogens with zero attached hydrogens (tertiary/aromatic N) is 1. The molecule has 2 rings (SSSR count). The van der Waals surface area contributed by atoms with E-state index < -0.39 is 168 Å². The maximum Gasteiger partial charge on any atom is 0.328 e. The molecule has 1 aromatic rings. The van der Waals surface area contributed by atoms with E-state index in [0.29, 0.717) is 24.8 Å². The molecule has 27 heteroatoms. The third kappa shape index (κ3) is 22.4. The third-order valence-corrected chi connectivity index (χ3v) is 13.5. The number of likely N-dealkylation sites (N-methyl/N-ethyl adjacent to an activating group) is 1. The fourth-order valence-electron chi connectivity index (χ4n) is 8.52. The van der Waals surface area contributed by atoms with Gasteiger partial charge < -0.3 is 73.4 Å². The van der Waals surface area contributed by atoms with E-state index in [1.165, 1.54) is 34.7 Å². The minimum atomic E-state index is -1.85. The Labute approximate surface area is 465 Å². The first-order chi connectivity index (χ1) is 37.1. The largest absolute Gasteiger partial charge is 0.459 e. The molecule has 13 N–H and O–H groups in total. The molecule has 0 aromatic heterocycles. The Balaban J connectivity index is 2.79. The third-order valence-electron chi connectivity index (χ3n) is 13.1. The zero-order chi connectivity index (χ0) is 59.8. The Morgan fingerprint density at radius 2 is 1.39 bits per heavy atom. The second-order valence-corrected chi connectivity index (χ2v) is 21.0. The van der Waals surface area contributed by atoms with Gasteiger partial charge in [0.15, 0.2) is 0 Å². The number of alkyl halides is 1. The van der Waals surface area contributed by atoms with Crippen LogP contribution in [-0.2, 0) is 68.7 Å². The van der Waals surface area contributed by atoms with E-state index in [1.807, 2.05) is 0 Å². The number of benzene rings is 1. The van der Waals surface area contributed by atoms with Crippen LogP contribution in [0.2, 0.25) is 0 Å². The van der Waals surface area contributed by atoms with Crippen LogP contribution >= 0.6 is 11.6 Å². The van der Waals surface area contributed by atoms with Crippen molar-refractivity contribution in [3.63, 3.8) is 0 Å². The molecular weight excluding hydrogens is 1050 g/mol. The fraction of sp³-hybridized carbons (Fsp3) is 0.654. The summed E-state index contributed by atoms with van der Waals surface area (Å²) >= 11 is 6.46. The number of carbonyl (C=O) groups excluding carboxylic acids is 12. The SMILES string of the molecule is CCCC1NC(=O)CNC(=O)C(Cc2ccccc2)NC(=O)[C@@H]([C@@H](C)O)NC(=O)C(CC(N)=O)NC(=O)C(C(C)C(C)Cl)NC(=O)[C@@H](CCC)N(C)C(=O)[C@@H](C)NC(=O)CC(O)C(NC(=O)[C@@H](CC(C)C)NC=O)C(C)OC1=O. The second kappa shape index (κ2) is 33.5. The Hall–Kier alpha value is -6.93. The molecule has 0 spiro atoms. The van der Waals surface area contributed by atoms with Crippen LogP contribution in [0.5, 0.6) is 0 Å². The van der Waals surface area contributed by atoms with Crippen molar-refractivity contribution in [2.75, 3.05) is 13.6 Å². The number of hydrogen-bond acceptors (Lipinski definition) is 15. The van der Waals surface area contributed by atoms with E-state index >= 15 is 0 Å². The van der Waals surface area contributed by atoms with Gasteiger partial charge in [0.05, 0.1) is 37.6 Å². The van der Waals surface area contributed by atoms with Crippen molar-refractivity contribution < 1.29 is 72.5 Å². The normalized spacial score (nSPS) is 26.9. The summed E-state index contributed by atoms with van der Waals surface area (Å²) in [7, 11) is 1.28. The predicted molar refractivity (Wildman–Crippen MR) is 287 cm³/mol. The van der Waals surface area contributed by atoms with Gasteiger partial charge in [-0.05, 0) is 58.4 Å². The van der Waals surface area contributed by atoms with Crippen LogP contribution in [0.1, 0.15) is 113 Å². The van der Waals surface area contributed by atoms with E-state index in [0.717, 1.165) is 11.8 Å². The quantitative estimate of drug-likeness (QED) is 0.0438. The van der Waals surface area contributed by atoms with Crippen molar-refractivity contribution >= 4 is 83.1 Å². The van der Waals surface area contributed by atoms with E-state index in [1.54, 1.807) is 58.0 Å². The van der Waals surface area contributed by atoms with Crippen molar-refractivity contribution in [3.05, 3.63) is 35.9 Å². The maximum atomic E-state index is 14.2. The number of ether oxygens (including phenoxy) is 1. The van der Waals surface area contributed by atoms with Gasteiger partial charge in [-0.15, -0.1) is 11.6 Å². The highest BCUT2D eigenvalue weighted by Gasteiger charge is 2.40. The van der Waals surface area contributed by atoms with Gasteiger partial charge in [-0.2, -0.15) is 0 Å². The summed E-state index contributed by atoms with van der Waals surface area (Å²) < 4.78 is 5.73. The smallest absolute Gasteiger partial charge is 0.328 e. The minimum Gasteiger partial charge on any atom is -0.459 e. The van der Waals surface area contributed by atoms with Crippen LogP contribution in [-0.4, -0.2) is 178 Å². The molecule has 14 atom stereocenters. The number of halogens is 1. The number of rotatable bonds is 17. The summed E-state index contributed by atoms with van der Waals surface area (Å²) in [5, 5.41) is 43.8. The van der Waals surface area contributed by atoms with Gasteiger partial charge in [0.2, 0.25) is 65.5 Å². The predicted octanol–water partition coefficient (Wildman–Crippen LogP) is -2.44. The summed E-state index contributed by atoms with van der Waals surface area (Å²) in [6, 6.07) is -5.15. The molecule has 9 unspecified atom stereocenters. The van der Waals surface area contributed by atoms with Gasteiger partial charge in [0, 0.05) is 24.8 Å². The molecule has 0 radical (unpaired) electrons. The molecule has 26 nitrogen and oxygen atoms in total. The van der Waals surface area contributed by atoms with E-state index in [9.17, 15) is 67.7 Å². The number of primary amides is 1. The van der Waals surface area contributed by atoms with Crippen molar-refractivity contribution in [1.82, 2.24) is 52.8 Å². The number of carbonyl (C=O) groups is 12. The van der Waals surface area contributed by atoms with Gasteiger partial charge in [0.25, 0.3) is 0 Å². The molecule has 0 bridgehead atoms. The maximum absolute atomic E-state index is 14.2. The van der Waals surface area contributed by atoms with Crippen molar-refractivity contribution in [2.24, 2.45) is 17.6 Å². The van der Waals surface area contributed by atoms with Crippen molar-refractivity contribution in [2.45, 2.75) is 192 Å². The average Bonchev–Trinajstić information content (AvgIpc) is 3.37. The topological polar surface area (TPSA) is 392 Å². The van der Waals surface area contributed by atoms with Gasteiger partial charge >= 0.3 is 5.97 Å². The molecule has 1 heterocycles. The average molecular weight is 1140 g/mol. The molecule has 1 saturated heterocycles. The zero-order valence-electron chi connectivity index (χ0n) is 46.6. The molecule has 0 saturated carbocycles. The van der Waals surface area contributed by atoms with Gasteiger partial charge in [-0.25, -0.2) is 4.79 Å². The Morgan fingerprint density at radius 3 is 1.95 bits per heavy atom. The zero-order valence-corrected chi connectivity index (χ0v) is 47.3. The van der Waals surface area contributed by atoms with Gasteiger partial charge in [-0.3, -0.25) is 52.7 Å². The number of nitrogens with one attached hydrogen (secondary N) is 9. The molecule has 11 amide bonds.